The van der Waals surface area contributed by atoms with E-state index in [0.29, 0.717) is 30.2 Å². The number of esters is 1. The van der Waals surface area contributed by atoms with Crippen LogP contribution in [0.1, 0.15) is 36.5 Å². The van der Waals surface area contributed by atoms with Crippen molar-refractivity contribution in [2.75, 3.05) is 31.7 Å². The van der Waals surface area contributed by atoms with Gasteiger partial charge in [0.15, 0.2) is 11.6 Å². The van der Waals surface area contributed by atoms with Gasteiger partial charge in [0.1, 0.15) is 17.8 Å². The number of aromatic nitrogens is 1. The first-order chi connectivity index (χ1) is 16.0. The number of carboxylic acids is 1. The van der Waals surface area contributed by atoms with Crippen molar-refractivity contribution in [3.63, 3.8) is 0 Å². The second kappa shape index (κ2) is 9.90. The average molecular weight is 488 g/mol. The molecule has 1 aromatic carbocycles. The van der Waals surface area contributed by atoms with E-state index < -0.39 is 46.9 Å². The van der Waals surface area contributed by atoms with Crippen LogP contribution < -0.4 is 15.1 Å². The van der Waals surface area contributed by atoms with Gasteiger partial charge in [-0.15, -0.1) is 0 Å². The van der Waals surface area contributed by atoms with Crippen molar-refractivity contribution in [3.05, 3.63) is 33.9 Å². The summed E-state index contributed by atoms with van der Waals surface area (Å²) in [6, 6.07) is 0.740. The molecule has 0 bridgehead atoms. The summed E-state index contributed by atoms with van der Waals surface area (Å²) in [6.45, 7) is 0.841. The van der Waals surface area contributed by atoms with Crippen LogP contribution in [0.3, 0.4) is 0 Å². The molecule has 1 N–H and O–H groups in total. The van der Waals surface area contributed by atoms with Crippen molar-refractivity contribution in [1.82, 2.24) is 4.57 Å². The Labute approximate surface area is 191 Å². The first kappa shape index (κ1) is 25.3. The molecule has 1 saturated heterocycles. The Bertz CT molecular complexity index is 1160. The molecule has 0 unspecified atom stereocenters. The maximum absolute atomic E-state index is 15.3. The molecular weight excluding hydrogens is 464 g/mol. The number of carboxylic acid groups (broad SMARTS) is 1. The molecule has 3 rings (SSSR count). The fraction of sp³-hybridized carbons (Fsp3) is 0.500. The summed E-state index contributed by atoms with van der Waals surface area (Å²) in [7, 11) is 1.13. The van der Waals surface area contributed by atoms with E-state index in [2.05, 4.69) is 0 Å². The van der Waals surface area contributed by atoms with E-state index in [9.17, 15) is 32.7 Å². The van der Waals surface area contributed by atoms with Gasteiger partial charge in [0.05, 0.1) is 31.0 Å². The number of alkyl halides is 3. The Balaban J connectivity index is 2.18. The van der Waals surface area contributed by atoms with E-state index in [0.717, 1.165) is 13.2 Å². The first-order valence-electron chi connectivity index (χ1n) is 10.6. The second-order valence-corrected chi connectivity index (χ2v) is 8.02. The van der Waals surface area contributed by atoms with Gasteiger partial charge in [0, 0.05) is 19.3 Å². The highest BCUT2D eigenvalue weighted by Gasteiger charge is 2.33. The minimum atomic E-state index is -4.76. The van der Waals surface area contributed by atoms with Gasteiger partial charge < -0.3 is 24.0 Å². The van der Waals surface area contributed by atoms with E-state index in [1.807, 2.05) is 0 Å². The number of carbonyl (C=O) groups is 2. The van der Waals surface area contributed by atoms with E-state index in [4.69, 9.17) is 9.47 Å². The number of rotatable bonds is 7. The van der Waals surface area contributed by atoms with Gasteiger partial charge in [-0.2, -0.15) is 13.2 Å². The number of pyridine rings is 1. The van der Waals surface area contributed by atoms with Crippen LogP contribution in [0.2, 0.25) is 0 Å². The minimum absolute atomic E-state index is 0.0998. The highest BCUT2D eigenvalue weighted by atomic mass is 19.4. The summed E-state index contributed by atoms with van der Waals surface area (Å²) >= 11 is 0. The lowest BCUT2D eigenvalue weighted by molar-refractivity contribution is -0.144. The highest BCUT2D eigenvalue weighted by Crippen LogP contribution is 2.40. The minimum Gasteiger partial charge on any atom is -0.492 e. The lowest BCUT2D eigenvalue weighted by Gasteiger charge is -2.35. The summed E-state index contributed by atoms with van der Waals surface area (Å²) in [5.41, 5.74) is -2.55. The molecule has 0 saturated carbocycles. The van der Waals surface area contributed by atoms with E-state index in [-0.39, 0.29) is 42.4 Å². The average Bonchev–Trinajstić information content (AvgIpc) is 2.74. The van der Waals surface area contributed by atoms with Crippen molar-refractivity contribution >= 4 is 28.5 Å². The summed E-state index contributed by atoms with van der Waals surface area (Å²) in [5.74, 6) is -3.58. The standard InChI is InChI=1S/C22H24F4N2O6/c1-3-34-16(29)7-12-5-4-6-27(9-12)18-15(23)8-13-17(20(18)33-2)28(11-22(24,25)26)10-14(19(13)30)21(31)32/h8,10,12H,3-7,9,11H2,1-2H3,(H,31,32)/t12-/m0/s1. The van der Waals surface area contributed by atoms with Crippen molar-refractivity contribution in [2.24, 2.45) is 5.92 Å². The third kappa shape index (κ3) is 5.26. The zero-order valence-electron chi connectivity index (χ0n) is 18.6. The van der Waals surface area contributed by atoms with Gasteiger partial charge in [0.25, 0.3) is 0 Å². The molecule has 8 nitrogen and oxygen atoms in total. The predicted octanol–water partition coefficient (Wildman–Crippen LogP) is 3.58. The van der Waals surface area contributed by atoms with Gasteiger partial charge in [0.2, 0.25) is 5.43 Å². The lowest BCUT2D eigenvalue weighted by Crippen LogP contribution is -2.37. The monoisotopic (exact) mass is 488 g/mol. The van der Waals surface area contributed by atoms with Gasteiger partial charge in [-0.05, 0) is 31.7 Å². The Hall–Kier alpha value is -3.31. The number of carbonyl (C=O) groups excluding carboxylic acids is 1. The summed E-state index contributed by atoms with van der Waals surface area (Å²) < 4.78 is 66.0. The largest absolute Gasteiger partial charge is 0.492 e. The number of hydrogen-bond acceptors (Lipinski definition) is 6. The molecule has 0 radical (unpaired) electrons. The molecular formula is C22H24F4N2O6. The van der Waals surface area contributed by atoms with Gasteiger partial charge in [-0.3, -0.25) is 9.59 Å². The molecule has 0 spiro atoms. The topological polar surface area (TPSA) is 98.1 Å². The Morgan fingerprint density at radius 1 is 1.29 bits per heavy atom. The molecule has 12 heteroatoms. The van der Waals surface area contributed by atoms with Crippen molar-refractivity contribution in [3.8, 4) is 5.75 Å². The Morgan fingerprint density at radius 3 is 2.59 bits per heavy atom. The van der Waals surface area contributed by atoms with Crippen molar-refractivity contribution in [1.29, 1.82) is 0 Å². The number of ether oxygens (including phenoxy) is 2. The zero-order chi connectivity index (χ0) is 25.2. The number of hydrogen-bond donors (Lipinski definition) is 1. The van der Waals surface area contributed by atoms with Crippen LogP contribution in [0.25, 0.3) is 10.9 Å². The van der Waals surface area contributed by atoms with E-state index in [1.165, 1.54) is 0 Å². The fourth-order valence-electron chi connectivity index (χ4n) is 4.34. The summed E-state index contributed by atoms with van der Waals surface area (Å²) in [6.07, 6.45) is -2.81. The number of methoxy groups -OCH3 is 1. The van der Waals surface area contributed by atoms with Crippen molar-refractivity contribution in [2.45, 2.75) is 38.9 Å². The molecule has 1 aliphatic rings. The SMILES string of the molecule is CCOC(=O)C[C@@H]1CCCN(c2c(F)cc3c(=O)c(C(=O)O)cn(CC(F)(F)F)c3c2OC)C1. The molecule has 1 aliphatic heterocycles. The highest BCUT2D eigenvalue weighted by molar-refractivity contribution is 5.97. The number of halogens is 4. The summed E-state index contributed by atoms with van der Waals surface area (Å²) in [4.78, 5) is 37.6. The Kier molecular flexibility index (Phi) is 7.37. The molecule has 34 heavy (non-hydrogen) atoms. The molecule has 1 atom stereocenters. The molecule has 0 aliphatic carbocycles. The van der Waals surface area contributed by atoms with Gasteiger partial charge in [-0.1, -0.05) is 0 Å². The van der Waals surface area contributed by atoms with Crippen LogP contribution in [0.5, 0.6) is 5.75 Å². The molecule has 186 valence electrons. The van der Waals surface area contributed by atoms with Gasteiger partial charge in [-0.25, -0.2) is 9.18 Å². The van der Waals surface area contributed by atoms with Crippen molar-refractivity contribution < 1.29 is 41.7 Å². The maximum atomic E-state index is 15.3. The first-order valence-corrected chi connectivity index (χ1v) is 10.6. The molecule has 2 aromatic rings. The molecule has 2 heterocycles. The van der Waals surface area contributed by atoms with E-state index >= 15 is 4.39 Å². The van der Waals surface area contributed by atoms with Crippen LogP contribution in [-0.2, 0) is 16.1 Å². The van der Waals surface area contributed by atoms with Crippen LogP contribution in [0.15, 0.2) is 17.1 Å². The fourth-order valence-corrected chi connectivity index (χ4v) is 4.34. The number of fused-ring (bicyclic) bond motifs is 1. The molecule has 0 amide bonds. The number of nitrogens with zero attached hydrogens (tertiary/aromatic N) is 2. The normalized spacial score (nSPS) is 16.5. The zero-order valence-corrected chi connectivity index (χ0v) is 18.6. The maximum Gasteiger partial charge on any atom is 0.406 e. The summed E-state index contributed by atoms with van der Waals surface area (Å²) in [5, 5.41) is 8.74. The van der Waals surface area contributed by atoms with Crippen LogP contribution >= 0.6 is 0 Å². The van der Waals surface area contributed by atoms with Gasteiger partial charge >= 0.3 is 18.1 Å². The van der Waals surface area contributed by atoms with E-state index in [1.54, 1.807) is 11.8 Å². The van der Waals surface area contributed by atoms with Crippen LogP contribution in [-0.4, -0.2) is 54.6 Å². The quantitative estimate of drug-likeness (QED) is 0.470. The third-order valence-corrected chi connectivity index (χ3v) is 5.62. The predicted molar refractivity (Wildman–Crippen MR) is 114 cm³/mol. The Morgan fingerprint density at radius 2 is 2.00 bits per heavy atom. The third-order valence-electron chi connectivity index (χ3n) is 5.62. The van der Waals surface area contributed by atoms with Crippen LogP contribution in [0, 0.1) is 11.7 Å². The smallest absolute Gasteiger partial charge is 0.406 e. The second-order valence-electron chi connectivity index (χ2n) is 8.02. The number of piperidine rings is 1. The number of aromatic carboxylic acids is 1. The van der Waals surface area contributed by atoms with Crippen LogP contribution in [0.4, 0.5) is 23.2 Å². The number of anilines is 1. The lowest BCUT2D eigenvalue weighted by atomic mass is 9.94. The molecule has 1 aromatic heterocycles. The molecule has 1 fully saturated rings. The number of benzene rings is 1.